The van der Waals surface area contributed by atoms with Crippen LogP contribution in [0.4, 0.5) is 10.1 Å². The Morgan fingerprint density at radius 3 is 2.55 bits per heavy atom. The molecule has 20 heavy (non-hydrogen) atoms. The fourth-order valence-electron chi connectivity index (χ4n) is 1.98. The molecule has 0 amide bonds. The van der Waals surface area contributed by atoms with Crippen molar-refractivity contribution < 1.29 is 4.39 Å². The van der Waals surface area contributed by atoms with Crippen LogP contribution >= 0.6 is 39.1 Å². The fraction of sp³-hybridized carbons (Fsp3) is 0.200. The maximum Gasteiger partial charge on any atom is 0.142 e. The summed E-state index contributed by atoms with van der Waals surface area (Å²) in [5, 5.41) is 3.78. The molecule has 2 rings (SSSR count). The molecule has 1 N–H and O–H groups in total. The van der Waals surface area contributed by atoms with Gasteiger partial charge in [-0.15, -0.1) is 0 Å². The Hall–Kier alpha value is -0.770. The average Bonchev–Trinajstić information content (AvgIpc) is 2.38. The predicted octanol–water partition coefficient (Wildman–Crippen LogP) is 6.38. The Morgan fingerprint density at radius 1 is 1.20 bits per heavy atom. The summed E-state index contributed by atoms with van der Waals surface area (Å²) in [6.45, 7) is 3.90. The molecule has 0 saturated heterocycles. The highest BCUT2D eigenvalue weighted by Crippen LogP contribution is 2.35. The Balaban J connectivity index is 2.33. The molecule has 0 bridgehead atoms. The quantitative estimate of drug-likeness (QED) is 0.613. The SMILES string of the molecule is Cc1ccc(NC(C)c2c(Cl)ccc(F)c2Cl)c(Br)c1. The van der Waals surface area contributed by atoms with Crippen LogP contribution in [0.25, 0.3) is 0 Å². The standard InChI is InChI=1S/C15H13BrCl2FN/c1-8-3-6-13(10(16)7-8)20-9(2)14-11(17)4-5-12(19)15(14)18/h3-7,9,20H,1-2H3. The van der Waals surface area contributed by atoms with Crippen LogP contribution in [-0.2, 0) is 0 Å². The third kappa shape index (κ3) is 3.27. The molecule has 0 fully saturated rings. The van der Waals surface area contributed by atoms with Crippen LogP contribution in [-0.4, -0.2) is 0 Å². The van der Waals surface area contributed by atoms with Crippen molar-refractivity contribution >= 4 is 44.8 Å². The third-order valence-corrected chi connectivity index (χ3v) is 4.38. The number of hydrogen-bond acceptors (Lipinski definition) is 1. The lowest BCUT2D eigenvalue weighted by molar-refractivity contribution is 0.624. The molecule has 2 aromatic carbocycles. The van der Waals surface area contributed by atoms with Gasteiger partial charge in [0.2, 0.25) is 0 Å². The molecule has 0 radical (unpaired) electrons. The lowest BCUT2D eigenvalue weighted by Gasteiger charge is -2.19. The number of aryl methyl sites for hydroxylation is 1. The third-order valence-electron chi connectivity index (χ3n) is 3.01. The number of halogens is 4. The molecule has 1 nitrogen and oxygen atoms in total. The summed E-state index contributed by atoms with van der Waals surface area (Å²) in [5.41, 5.74) is 2.61. The first-order valence-electron chi connectivity index (χ1n) is 6.06. The van der Waals surface area contributed by atoms with E-state index in [0.29, 0.717) is 10.6 Å². The van der Waals surface area contributed by atoms with Crippen molar-refractivity contribution in [1.29, 1.82) is 0 Å². The van der Waals surface area contributed by atoms with Gasteiger partial charge < -0.3 is 5.32 Å². The van der Waals surface area contributed by atoms with Gasteiger partial charge in [-0.1, -0.05) is 29.3 Å². The van der Waals surface area contributed by atoms with Crippen molar-refractivity contribution in [1.82, 2.24) is 0 Å². The zero-order valence-electron chi connectivity index (χ0n) is 11.0. The molecule has 5 heteroatoms. The Bertz CT molecular complexity index is 646. The van der Waals surface area contributed by atoms with Crippen molar-refractivity contribution in [2.75, 3.05) is 5.32 Å². The molecule has 1 atom stereocenters. The number of rotatable bonds is 3. The molecule has 1 unspecified atom stereocenters. The van der Waals surface area contributed by atoms with Gasteiger partial charge >= 0.3 is 0 Å². The summed E-state index contributed by atoms with van der Waals surface area (Å²) in [5.74, 6) is -0.470. The summed E-state index contributed by atoms with van der Waals surface area (Å²) in [6.07, 6.45) is 0. The smallest absolute Gasteiger partial charge is 0.142 e. The number of nitrogens with one attached hydrogen (secondary N) is 1. The van der Waals surface area contributed by atoms with Crippen LogP contribution in [0.5, 0.6) is 0 Å². The maximum absolute atomic E-state index is 13.6. The molecule has 0 heterocycles. The number of benzene rings is 2. The zero-order valence-corrected chi connectivity index (χ0v) is 14.1. The molecule has 0 saturated carbocycles. The van der Waals surface area contributed by atoms with E-state index in [1.54, 1.807) is 0 Å². The summed E-state index contributed by atoms with van der Waals surface area (Å²) >= 11 is 15.6. The monoisotopic (exact) mass is 375 g/mol. The highest BCUT2D eigenvalue weighted by Gasteiger charge is 2.17. The zero-order chi connectivity index (χ0) is 14.9. The number of anilines is 1. The van der Waals surface area contributed by atoms with Crippen LogP contribution < -0.4 is 5.32 Å². The Labute approximate surface area is 136 Å². The topological polar surface area (TPSA) is 12.0 Å². The Kier molecular flexibility index (Phi) is 4.95. The second-order valence-electron chi connectivity index (χ2n) is 4.61. The van der Waals surface area contributed by atoms with Gasteiger partial charge in [0.05, 0.1) is 11.1 Å². The van der Waals surface area contributed by atoms with E-state index in [4.69, 9.17) is 23.2 Å². The van der Waals surface area contributed by atoms with Gasteiger partial charge in [-0.25, -0.2) is 4.39 Å². The van der Waals surface area contributed by atoms with Crippen LogP contribution in [0.1, 0.15) is 24.1 Å². The second kappa shape index (κ2) is 6.33. The molecule has 0 spiro atoms. The first-order valence-corrected chi connectivity index (χ1v) is 7.61. The molecule has 2 aromatic rings. The molecule has 0 aromatic heterocycles. The summed E-state index contributed by atoms with van der Waals surface area (Å²) in [4.78, 5) is 0. The molecule has 0 aliphatic heterocycles. The van der Waals surface area contributed by atoms with Gasteiger partial charge in [0.15, 0.2) is 0 Å². The molecule has 0 aliphatic carbocycles. The molecule has 106 valence electrons. The first-order chi connectivity index (χ1) is 9.40. The summed E-state index contributed by atoms with van der Waals surface area (Å²) < 4.78 is 14.5. The van der Waals surface area contributed by atoms with Crippen molar-refractivity contribution in [2.45, 2.75) is 19.9 Å². The van der Waals surface area contributed by atoms with Gasteiger partial charge in [-0.2, -0.15) is 0 Å². The van der Waals surface area contributed by atoms with Crippen LogP contribution in [0.2, 0.25) is 10.0 Å². The van der Waals surface area contributed by atoms with Crippen molar-refractivity contribution in [3.8, 4) is 0 Å². The fourth-order valence-corrected chi connectivity index (χ4v) is 3.29. The van der Waals surface area contributed by atoms with Crippen LogP contribution in [0.3, 0.4) is 0 Å². The lowest BCUT2D eigenvalue weighted by Crippen LogP contribution is -2.09. The van der Waals surface area contributed by atoms with Gasteiger partial charge in [-0.3, -0.25) is 0 Å². The molecule has 0 aliphatic rings. The van der Waals surface area contributed by atoms with E-state index < -0.39 is 5.82 Å². The first kappa shape index (κ1) is 15.6. The van der Waals surface area contributed by atoms with Gasteiger partial charge in [0.25, 0.3) is 0 Å². The predicted molar refractivity (Wildman–Crippen MR) is 87.3 cm³/mol. The van der Waals surface area contributed by atoms with E-state index >= 15 is 0 Å². The van der Waals surface area contributed by atoms with Gasteiger partial charge in [0, 0.05) is 20.7 Å². The van der Waals surface area contributed by atoms with Gasteiger partial charge in [0.1, 0.15) is 5.82 Å². The van der Waals surface area contributed by atoms with Gasteiger partial charge in [-0.05, 0) is 59.6 Å². The van der Waals surface area contributed by atoms with E-state index in [0.717, 1.165) is 15.7 Å². The second-order valence-corrected chi connectivity index (χ2v) is 6.25. The highest BCUT2D eigenvalue weighted by molar-refractivity contribution is 9.10. The van der Waals surface area contributed by atoms with E-state index in [1.165, 1.54) is 12.1 Å². The minimum Gasteiger partial charge on any atom is -0.377 e. The van der Waals surface area contributed by atoms with Crippen LogP contribution in [0.15, 0.2) is 34.8 Å². The molecular weight excluding hydrogens is 364 g/mol. The van der Waals surface area contributed by atoms with E-state index in [1.807, 2.05) is 32.0 Å². The summed E-state index contributed by atoms with van der Waals surface area (Å²) in [6, 6.07) is 8.52. The summed E-state index contributed by atoms with van der Waals surface area (Å²) in [7, 11) is 0. The van der Waals surface area contributed by atoms with E-state index in [9.17, 15) is 4.39 Å². The minimum atomic E-state index is -0.470. The van der Waals surface area contributed by atoms with Crippen LogP contribution in [0, 0.1) is 12.7 Å². The molecular formula is C15H13BrCl2FN. The average molecular weight is 377 g/mol. The lowest BCUT2D eigenvalue weighted by atomic mass is 10.1. The highest BCUT2D eigenvalue weighted by atomic mass is 79.9. The van der Waals surface area contributed by atoms with Crippen molar-refractivity contribution in [3.63, 3.8) is 0 Å². The number of hydrogen-bond donors (Lipinski definition) is 1. The normalized spacial score (nSPS) is 12.3. The largest absolute Gasteiger partial charge is 0.377 e. The maximum atomic E-state index is 13.6. The Morgan fingerprint density at radius 2 is 1.90 bits per heavy atom. The van der Waals surface area contributed by atoms with Crippen molar-refractivity contribution in [2.24, 2.45) is 0 Å². The minimum absolute atomic E-state index is 0.0562. The van der Waals surface area contributed by atoms with Crippen molar-refractivity contribution in [3.05, 3.63) is 61.8 Å². The van der Waals surface area contributed by atoms with E-state index in [-0.39, 0.29) is 11.1 Å². The van der Waals surface area contributed by atoms with E-state index in [2.05, 4.69) is 21.2 Å².